The van der Waals surface area contributed by atoms with Gasteiger partial charge in [-0.2, -0.15) is 0 Å². The van der Waals surface area contributed by atoms with E-state index in [2.05, 4.69) is 31.2 Å². The topological polar surface area (TPSA) is 54.9 Å². The van der Waals surface area contributed by atoms with E-state index in [-0.39, 0.29) is 11.9 Å². The first-order valence-electron chi connectivity index (χ1n) is 4.69. The van der Waals surface area contributed by atoms with Gasteiger partial charge in [0.2, 0.25) is 5.95 Å². The molecule has 1 heterocycles. The minimum Gasteiger partial charge on any atom is -0.290 e. The van der Waals surface area contributed by atoms with E-state index in [9.17, 15) is 4.79 Å². The Balaban J connectivity index is 2.11. The number of benzene rings is 1. The van der Waals surface area contributed by atoms with Crippen molar-refractivity contribution in [2.75, 3.05) is 5.32 Å². The van der Waals surface area contributed by atoms with Crippen LogP contribution in [-0.4, -0.2) is 15.9 Å². The first-order chi connectivity index (χ1) is 8.15. The summed E-state index contributed by atoms with van der Waals surface area (Å²) in [5, 5.41) is 3.16. The number of hydrogen-bond donors (Lipinski definition) is 1. The van der Waals surface area contributed by atoms with E-state index in [1.807, 2.05) is 0 Å². The molecule has 0 radical (unpaired) electrons. The second-order valence-electron chi connectivity index (χ2n) is 3.19. The molecule has 1 aromatic heterocycles. The number of anilines is 1. The Hall–Kier alpha value is -1.46. The van der Waals surface area contributed by atoms with Crippen LogP contribution in [0.5, 0.6) is 0 Å². The minimum absolute atomic E-state index is 0.258. The molecule has 4 nitrogen and oxygen atoms in total. The number of aromatic nitrogens is 2. The lowest BCUT2D eigenvalue weighted by molar-refractivity contribution is 0.102. The lowest BCUT2D eigenvalue weighted by atomic mass is 10.2. The number of carbonyl (C=O) groups is 1. The van der Waals surface area contributed by atoms with Crippen molar-refractivity contribution in [1.29, 1.82) is 0 Å². The number of carbonyl (C=O) groups excluding carboxylic acids is 1. The summed E-state index contributed by atoms with van der Waals surface area (Å²) < 4.78 is 0.752. The molecule has 17 heavy (non-hydrogen) atoms. The van der Waals surface area contributed by atoms with Crippen LogP contribution in [0.4, 0.5) is 5.95 Å². The summed E-state index contributed by atoms with van der Waals surface area (Å²) >= 11 is 8.94. The van der Waals surface area contributed by atoms with Crippen molar-refractivity contribution in [3.63, 3.8) is 0 Å². The maximum atomic E-state index is 11.8. The second-order valence-corrected chi connectivity index (χ2v) is 4.54. The summed E-state index contributed by atoms with van der Waals surface area (Å²) in [6.07, 6.45) is 3.12. The average Bonchev–Trinajstić information content (AvgIpc) is 2.33. The van der Waals surface area contributed by atoms with E-state index in [1.165, 1.54) is 0 Å². The quantitative estimate of drug-likeness (QED) is 0.927. The standard InChI is InChI=1S/C11H7BrClN3O/c12-8-5-14-11(15-6-8)16-10(17)7-1-3-9(13)4-2-7/h1-6H,(H,14,15,16,17). The van der Waals surface area contributed by atoms with Gasteiger partial charge in [-0.05, 0) is 40.2 Å². The van der Waals surface area contributed by atoms with Crippen molar-refractivity contribution in [3.8, 4) is 0 Å². The van der Waals surface area contributed by atoms with Crippen molar-refractivity contribution in [2.24, 2.45) is 0 Å². The second kappa shape index (κ2) is 5.25. The molecule has 86 valence electrons. The molecule has 1 aromatic carbocycles. The summed E-state index contributed by atoms with van der Waals surface area (Å²) in [6, 6.07) is 6.57. The highest BCUT2D eigenvalue weighted by atomic mass is 79.9. The molecule has 0 atom stereocenters. The monoisotopic (exact) mass is 311 g/mol. The van der Waals surface area contributed by atoms with Gasteiger partial charge in [-0.3, -0.25) is 10.1 Å². The van der Waals surface area contributed by atoms with Crippen molar-refractivity contribution >= 4 is 39.4 Å². The Morgan fingerprint density at radius 3 is 2.35 bits per heavy atom. The molecular formula is C11H7BrClN3O. The van der Waals surface area contributed by atoms with Gasteiger partial charge in [-0.25, -0.2) is 9.97 Å². The Bertz CT molecular complexity index is 527. The molecule has 0 saturated carbocycles. The van der Waals surface area contributed by atoms with Gasteiger partial charge in [0.25, 0.3) is 5.91 Å². The lowest BCUT2D eigenvalue weighted by Gasteiger charge is -2.03. The zero-order valence-corrected chi connectivity index (χ0v) is 10.9. The summed E-state index contributed by atoms with van der Waals surface area (Å²) in [4.78, 5) is 19.7. The van der Waals surface area contributed by atoms with E-state index in [4.69, 9.17) is 11.6 Å². The van der Waals surface area contributed by atoms with Crippen LogP contribution in [0.2, 0.25) is 5.02 Å². The molecular weight excluding hydrogens is 305 g/mol. The zero-order valence-electron chi connectivity index (χ0n) is 8.52. The SMILES string of the molecule is O=C(Nc1ncc(Br)cn1)c1ccc(Cl)cc1. The van der Waals surface area contributed by atoms with Gasteiger partial charge in [-0.1, -0.05) is 11.6 Å². The molecule has 0 aliphatic heterocycles. The van der Waals surface area contributed by atoms with Gasteiger partial charge >= 0.3 is 0 Å². The predicted octanol–water partition coefficient (Wildman–Crippen LogP) is 3.14. The van der Waals surface area contributed by atoms with Crippen LogP contribution in [0.3, 0.4) is 0 Å². The van der Waals surface area contributed by atoms with Crippen LogP contribution in [0, 0.1) is 0 Å². The summed E-state index contributed by atoms with van der Waals surface area (Å²) in [5.41, 5.74) is 0.501. The molecule has 0 bridgehead atoms. The summed E-state index contributed by atoms with van der Waals surface area (Å²) in [7, 11) is 0. The smallest absolute Gasteiger partial charge is 0.258 e. The van der Waals surface area contributed by atoms with Crippen molar-refractivity contribution in [1.82, 2.24) is 9.97 Å². The lowest BCUT2D eigenvalue weighted by Crippen LogP contribution is -2.13. The number of nitrogens with zero attached hydrogens (tertiary/aromatic N) is 2. The van der Waals surface area contributed by atoms with Crippen LogP contribution in [0.25, 0.3) is 0 Å². The van der Waals surface area contributed by atoms with E-state index in [0.717, 1.165) is 4.47 Å². The van der Waals surface area contributed by atoms with Crippen LogP contribution in [0.15, 0.2) is 41.1 Å². The molecule has 2 aromatic rings. The Morgan fingerprint density at radius 2 is 1.76 bits per heavy atom. The summed E-state index contributed by atoms with van der Waals surface area (Å²) in [6.45, 7) is 0. The minimum atomic E-state index is -0.274. The average molecular weight is 313 g/mol. The fourth-order valence-corrected chi connectivity index (χ4v) is 1.48. The number of rotatable bonds is 2. The first kappa shape index (κ1) is 12.0. The van der Waals surface area contributed by atoms with Gasteiger partial charge in [0.05, 0.1) is 4.47 Å². The van der Waals surface area contributed by atoms with Gasteiger partial charge in [-0.15, -0.1) is 0 Å². The Labute approximate surface area is 111 Å². The fraction of sp³-hybridized carbons (Fsp3) is 0. The van der Waals surface area contributed by atoms with E-state index in [1.54, 1.807) is 36.7 Å². The zero-order chi connectivity index (χ0) is 12.3. The van der Waals surface area contributed by atoms with Crippen molar-refractivity contribution in [3.05, 3.63) is 51.7 Å². The molecule has 1 amide bonds. The van der Waals surface area contributed by atoms with Gasteiger partial charge < -0.3 is 0 Å². The third kappa shape index (κ3) is 3.25. The number of hydrogen-bond acceptors (Lipinski definition) is 3. The first-order valence-corrected chi connectivity index (χ1v) is 5.87. The molecule has 2 rings (SSSR count). The van der Waals surface area contributed by atoms with Crippen molar-refractivity contribution < 1.29 is 4.79 Å². The highest BCUT2D eigenvalue weighted by molar-refractivity contribution is 9.10. The van der Waals surface area contributed by atoms with E-state index >= 15 is 0 Å². The maximum absolute atomic E-state index is 11.8. The molecule has 0 aliphatic rings. The van der Waals surface area contributed by atoms with Gasteiger partial charge in [0.15, 0.2) is 0 Å². The Morgan fingerprint density at radius 1 is 1.18 bits per heavy atom. The molecule has 6 heteroatoms. The molecule has 0 saturated heterocycles. The Kier molecular flexibility index (Phi) is 3.71. The highest BCUT2D eigenvalue weighted by Gasteiger charge is 2.07. The van der Waals surface area contributed by atoms with Crippen LogP contribution in [-0.2, 0) is 0 Å². The molecule has 0 fully saturated rings. The third-order valence-electron chi connectivity index (χ3n) is 1.95. The van der Waals surface area contributed by atoms with E-state index < -0.39 is 0 Å². The van der Waals surface area contributed by atoms with E-state index in [0.29, 0.717) is 10.6 Å². The van der Waals surface area contributed by atoms with Gasteiger partial charge in [0, 0.05) is 23.0 Å². The van der Waals surface area contributed by atoms with Crippen LogP contribution < -0.4 is 5.32 Å². The normalized spacial score (nSPS) is 10.0. The molecule has 0 spiro atoms. The third-order valence-corrected chi connectivity index (χ3v) is 2.61. The molecule has 1 N–H and O–H groups in total. The van der Waals surface area contributed by atoms with Crippen LogP contribution in [0.1, 0.15) is 10.4 Å². The maximum Gasteiger partial charge on any atom is 0.258 e. The van der Waals surface area contributed by atoms with Gasteiger partial charge in [0.1, 0.15) is 0 Å². The number of amides is 1. The largest absolute Gasteiger partial charge is 0.290 e. The fourth-order valence-electron chi connectivity index (χ4n) is 1.15. The van der Waals surface area contributed by atoms with Crippen LogP contribution >= 0.6 is 27.5 Å². The predicted molar refractivity (Wildman–Crippen MR) is 69.1 cm³/mol. The number of nitrogens with one attached hydrogen (secondary N) is 1. The molecule has 0 aliphatic carbocycles. The van der Waals surface area contributed by atoms with Crippen molar-refractivity contribution in [2.45, 2.75) is 0 Å². The number of halogens is 2. The molecule has 0 unspecified atom stereocenters. The highest BCUT2D eigenvalue weighted by Crippen LogP contribution is 2.11. The summed E-state index contributed by atoms with van der Waals surface area (Å²) in [5.74, 6) is -0.0165.